The number of rotatable bonds is 6. The number of nitrogens with zero attached hydrogens (tertiary/aromatic N) is 1. The van der Waals surface area contributed by atoms with Crippen LogP contribution in [0.3, 0.4) is 0 Å². The van der Waals surface area contributed by atoms with Crippen LogP contribution in [0.1, 0.15) is 24.8 Å². The number of nitrogens with one attached hydrogen (secondary N) is 2. The fraction of sp³-hybridized carbons (Fsp3) is 0.562. The summed E-state index contributed by atoms with van der Waals surface area (Å²) in [5.74, 6) is -0.353. The van der Waals surface area contributed by atoms with Crippen molar-refractivity contribution in [3.8, 4) is 0 Å². The molecule has 2 N–H and O–H groups in total. The quantitative estimate of drug-likeness (QED) is 0.836. The molecule has 4 nitrogen and oxygen atoms in total. The lowest BCUT2D eigenvalue weighted by Crippen LogP contribution is -2.45. The average molecular weight is 293 g/mol. The van der Waals surface area contributed by atoms with Gasteiger partial charge in [-0.25, -0.2) is 4.39 Å². The van der Waals surface area contributed by atoms with E-state index in [9.17, 15) is 9.18 Å². The van der Waals surface area contributed by atoms with E-state index in [-0.39, 0.29) is 18.3 Å². The monoisotopic (exact) mass is 293 g/mol. The van der Waals surface area contributed by atoms with E-state index in [1.54, 1.807) is 18.2 Å². The third-order valence-electron chi connectivity index (χ3n) is 3.79. The van der Waals surface area contributed by atoms with Crippen LogP contribution in [0, 0.1) is 5.82 Å². The first kappa shape index (κ1) is 15.9. The molecule has 1 heterocycles. The van der Waals surface area contributed by atoms with Crippen LogP contribution in [-0.2, 0) is 11.3 Å². The fourth-order valence-corrected chi connectivity index (χ4v) is 2.66. The smallest absolute Gasteiger partial charge is 0.234 e. The Balaban J connectivity index is 1.70. The van der Waals surface area contributed by atoms with E-state index in [1.807, 2.05) is 11.9 Å². The minimum absolute atomic E-state index is 0.0726. The summed E-state index contributed by atoms with van der Waals surface area (Å²) in [5, 5.41) is 6.23. The van der Waals surface area contributed by atoms with Crippen molar-refractivity contribution in [2.24, 2.45) is 0 Å². The van der Waals surface area contributed by atoms with E-state index in [1.165, 1.54) is 25.3 Å². The Morgan fingerprint density at radius 3 is 2.95 bits per heavy atom. The van der Waals surface area contributed by atoms with Crippen LogP contribution < -0.4 is 10.6 Å². The van der Waals surface area contributed by atoms with Crippen molar-refractivity contribution < 1.29 is 9.18 Å². The summed E-state index contributed by atoms with van der Waals surface area (Å²) in [5.41, 5.74) is 0.516. The summed E-state index contributed by atoms with van der Waals surface area (Å²) in [6.07, 6.45) is 3.66. The molecular weight excluding hydrogens is 269 g/mol. The van der Waals surface area contributed by atoms with E-state index in [4.69, 9.17) is 0 Å². The number of hydrogen-bond acceptors (Lipinski definition) is 3. The lowest BCUT2D eigenvalue weighted by molar-refractivity contribution is -0.122. The van der Waals surface area contributed by atoms with Gasteiger partial charge in [-0.05, 0) is 32.5 Å². The molecule has 1 atom stereocenters. The van der Waals surface area contributed by atoms with Crippen molar-refractivity contribution in [1.29, 1.82) is 0 Å². The number of carbonyl (C=O) groups excluding carboxylic acids is 1. The number of hydrogen-bond donors (Lipinski definition) is 2. The molecule has 5 heteroatoms. The van der Waals surface area contributed by atoms with Crippen LogP contribution in [0.15, 0.2) is 24.3 Å². The summed E-state index contributed by atoms with van der Waals surface area (Å²) in [4.78, 5) is 13.9. The number of benzene rings is 1. The Labute approximate surface area is 125 Å². The predicted octanol–water partition coefficient (Wildman–Crippen LogP) is 1.52. The molecule has 0 radical (unpaired) electrons. The Morgan fingerprint density at radius 1 is 1.43 bits per heavy atom. The normalized spacial score (nSPS) is 18.7. The third-order valence-corrected chi connectivity index (χ3v) is 3.79. The largest absolute Gasteiger partial charge is 0.351 e. The van der Waals surface area contributed by atoms with Gasteiger partial charge in [-0.2, -0.15) is 0 Å². The minimum atomic E-state index is -0.280. The van der Waals surface area contributed by atoms with Gasteiger partial charge in [0, 0.05) is 24.7 Å². The molecule has 21 heavy (non-hydrogen) atoms. The van der Waals surface area contributed by atoms with Crippen LogP contribution in [-0.4, -0.2) is 43.5 Å². The number of likely N-dealkylation sites (N-methyl/N-ethyl adjacent to an activating group) is 1. The molecule has 0 saturated carbocycles. The molecule has 2 rings (SSSR count). The Hall–Kier alpha value is -1.46. The molecule has 0 aliphatic carbocycles. The van der Waals surface area contributed by atoms with E-state index in [0.29, 0.717) is 18.2 Å². The second kappa shape index (κ2) is 8.10. The first-order chi connectivity index (χ1) is 10.1. The maximum Gasteiger partial charge on any atom is 0.234 e. The van der Waals surface area contributed by atoms with Crippen molar-refractivity contribution in [2.75, 3.05) is 26.7 Å². The van der Waals surface area contributed by atoms with Gasteiger partial charge in [-0.1, -0.05) is 24.6 Å². The summed E-state index contributed by atoms with van der Waals surface area (Å²) < 4.78 is 13.4. The fourth-order valence-electron chi connectivity index (χ4n) is 2.66. The maximum absolute atomic E-state index is 13.4. The van der Waals surface area contributed by atoms with Gasteiger partial charge in [0.25, 0.3) is 0 Å². The summed E-state index contributed by atoms with van der Waals surface area (Å²) in [6.45, 7) is 2.51. The molecule has 1 amide bonds. The average Bonchev–Trinajstić information content (AvgIpc) is 2.47. The zero-order chi connectivity index (χ0) is 15.1. The highest BCUT2D eigenvalue weighted by Crippen LogP contribution is 2.08. The van der Waals surface area contributed by atoms with Crippen molar-refractivity contribution >= 4 is 5.91 Å². The van der Waals surface area contributed by atoms with Crippen LogP contribution in [0.5, 0.6) is 0 Å². The molecule has 0 spiro atoms. The molecule has 1 unspecified atom stereocenters. The summed E-state index contributed by atoms with van der Waals surface area (Å²) in [7, 11) is 1.94. The van der Waals surface area contributed by atoms with Crippen LogP contribution in [0.2, 0.25) is 0 Å². The van der Waals surface area contributed by atoms with Gasteiger partial charge in [0.05, 0.1) is 6.54 Å². The molecule has 1 fully saturated rings. The summed E-state index contributed by atoms with van der Waals surface area (Å²) in [6, 6.07) is 6.98. The molecule has 0 bridgehead atoms. The van der Waals surface area contributed by atoms with Gasteiger partial charge in [-0.3, -0.25) is 9.69 Å². The van der Waals surface area contributed by atoms with Gasteiger partial charge in [-0.15, -0.1) is 0 Å². The molecule has 1 aromatic carbocycles. The number of carbonyl (C=O) groups is 1. The van der Waals surface area contributed by atoms with Crippen molar-refractivity contribution in [1.82, 2.24) is 15.5 Å². The topological polar surface area (TPSA) is 44.4 Å². The zero-order valence-corrected chi connectivity index (χ0v) is 12.6. The van der Waals surface area contributed by atoms with Gasteiger partial charge in [0.1, 0.15) is 5.82 Å². The molecule has 1 aromatic rings. The van der Waals surface area contributed by atoms with Gasteiger partial charge < -0.3 is 10.6 Å². The second-order valence-corrected chi connectivity index (χ2v) is 5.71. The molecule has 1 aliphatic heterocycles. The molecule has 116 valence electrons. The van der Waals surface area contributed by atoms with E-state index in [2.05, 4.69) is 10.6 Å². The standard InChI is InChI=1S/C16H24FN3O/c1-20(11-14-7-4-5-9-18-14)12-16(21)19-10-13-6-2-3-8-15(13)17/h2-3,6,8,14,18H,4-5,7,9-12H2,1H3,(H,19,21). The molecule has 1 saturated heterocycles. The zero-order valence-electron chi connectivity index (χ0n) is 12.6. The summed E-state index contributed by atoms with van der Waals surface area (Å²) >= 11 is 0. The third kappa shape index (κ3) is 5.44. The SMILES string of the molecule is CN(CC(=O)NCc1ccccc1F)CC1CCCCN1. The van der Waals surface area contributed by atoms with Crippen LogP contribution >= 0.6 is 0 Å². The Bertz CT molecular complexity index is 461. The molecule has 1 aliphatic rings. The first-order valence-corrected chi connectivity index (χ1v) is 7.57. The highest BCUT2D eigenvalue weighted by Gasteiger charge is 2.16. The van der Waals surface area contributed by atoms with Gasteiger partial charge in [0.15, 0.2) is 0 Å². The maximum atomic E-state index is 13.4. The Morgan fingerprint density at radius 2 is 2.24 bits per heavy atom. The van der Waals surface area contributed by atoms with Crippen molar-refractivity contribution in [3.63, 3.8) is 0 Å². The molecule has 0 aromatic heterocycles. The number of amides is 1. The van der Waals surface area contributed by atoms with Gasteiger partial charge in [0.2, 0.25) is 5.91 Å². The lowest BCUT2D eigenvalue weighted by atomic mass is 10.0. The highest BCUT2D eigenvalue weighted by molar-refractivity contribution is 5.77. The van der Waals surface area contributed by atoms with Gasteiger partial charge >= 0.3 is 0 Å². The van der Waals surface area contributed by atoms with E-state index >= 15 is 0 Å². The Kier molecular flexibility index (Phi) is 6.14. The molecular formula is C16H24FN3O. The van der Waals surface area contributed by atoms with Crippen LogP contribution in [0.4, 0.5) is 4.39 Å². The first-order valence-electron chi connectivity index (χ1n) is 7.57. The lowest BCUT2D eigenvalue weighted by Gasteiger charge is -2.27. The predicted molar refractivity (Wildman–Crippen MR) is 81.4 cm³/mol. The van der Waals surface area contributed by atoms with E-state index in [0.717, 1.165) is 13.1 Å². The second-order valence-electron chi connectivity index (χ2n) is 5.71. The van der Waals surface area contributed by atoms with Crippen LogP contribution in [0.25, 0.3) is 0 Å². The highest BCUT2D eigenvalue weighted by atomic mass is 19.1. The van der Waals surface area contributed by atoms with Crippen molar-refractivity contribution in [3.05, 3.63) is 35.6 Å². The van der Waals surface area contributed by atoms with Crippen molar-refractivity contribution in [2.45, 2.75) is 31.8 Å². The number of piperidine rings is 1. The number of halogens is 1. The van der Waals surface area contributed by atoms with E-state index < -0.39 is 0 Å². The minimum Gasteiger partial charge on any atom is -0.351 e.